The third-order valence-corrected chi connectivity index (χ3v) is 4.53. The summed E-state index contributed by atoms with van der Waals surface area (Å²) in [4.78, 5) is 38.5. The van der Waals surface area contributed by atoms with Crippen molar-refractivity contribution >= 4 is 29.4 Å². The van der Waals surface area contributed by atoms with Crippen LogP contribution in [0.15, 0.2) is 12.3 Å². The van der Waals surface area contributed by atoms with Crippen molar-refractivity contribution in [2.75, 3.05) is 19.6 Å². The molecular weight excluding hydrogens is 334 g/mol. The Morgan fingerprint density at radius 1 is 1.33 bits per heavy atom. The number of carboxylic acid groups (broad SMARTS) is 1. The van der Waals surface area contributed by atoms with Crippen molar-refractivity contribution in [3.8, 4) is 0 Å². The summed E-state index contributed by atoms with van der Waals surface area (Å²) < 4.78 is 1.69. The number of aromatic nitrogens is 1. The lowest BCUT2D eigenvalue weighted by Crippen LogP contribution is -2.43. The molecule has 0 radical (unpaired) electrons. The van der Waals surface area contributed by atoms with Crippen LogP contribution in [0.4, 0.5) is 0 Å². The number of carbonyl (C=O) groups excluding carboxylic acids is 2. The van der Waals surface area contributed by atoms with Crippen molar-refractivity contribution in [3.05, 3.63) is 23.0 Å². The Balaban J connectivity index is 2.06. The zero-order valence-electron chi connectivity index (χ0n) is 13.9. The molecule has 1 aliphatic rings. The summed E-state index contributed by atoms with van der Waals surface area (Å²) in [6.07, 6.45) is 3.65. The van der Waals surface area contributed by atoms with Gasteiger partial charge in [0, 0.05) is 39.3 Å². The summed E-state index contributed by atoms with van der Waals surface area (Å²) in [5, 5.41) is 9.49. The SMILES string of the molecule is CC(=O)N(CC(=O)O)C1CCCN(C(=O)c2cc(Cl)cn2C)CC1. The van der Waals surface area contributed by atoms with Gasteiger partial charge in [-0.1, -0.05) is 11.6 Å². The highest BCUT2D eigenvalue weighted by atomic mass is 35.5. The molecule has 2 rings (SSSR count). The Bertz CT molecular complexity index is 643. The van der Waals surface area contributed by atoms with E-state index in [4.69, 9.17) is 16.7 Å². The van der Waals surface area contributed by atoms with Crippen LogP contribution in [0.25, 0.3) is 0 Å². The number of amides is 2. The van der Waals surface area contributed by atoms with E-state index in [0.717, 1.165) is 6.42 Å². The molecule has 0 saturated carbocycles. The molecule has 2 heterocycles. The summed E-state index contributed by atoms with van der Waals surface area (Å²) in [6, 6.07) is 1.48. The molecule has 0 spiro atoms. The first-order chi connectivity index (χ1) is 11.3. The third-order valence-electron chi connectivity index (χ3n) is 4.33. The Morgan fingerprint density at radius 2 is 2.04 bits per heavy atom. The van der Waals surface area contributed by atoms with Crippen LogP contribution in [0.1, 0.15) is 36.7 Å². The summed E-state index contributed by atoms with van der Waals surface area (Å²) in [7, 11) is 1.77. The van der Waals surface area contributed by atoms with E-state index >= 15 is 0 Å². The third kappa shape index (κ3) is 4.29. The van der Waals surface area contributed by atoms with Gasteiger partial charge < -0.3 is 19.5 Å². The molecule has 1 N–H and O–H groups in total. The van der Waals surface area contributed by atoms with Gasteiger partial charge in [-0.05, 0) is 25.3 Å². The van der Waals surface area contributed by atoms with Crippen LogP contribution in [0, 0.1) is 0 Å². The van der Waals surface area contributed by atoms with Crippen LogP contribution in [-0.4, -0.2) is 62.9 Å². The van der Waals surface area contributed by atoms with E-state index in [2.05, 4.69) is 0 Å². The number of carboxylic acids is 1. The van der Waals surface area contributed by atoms with Crippen LogP contribution in [0.2, 0.25) is 5.02 Å². The Hall–Kier alpha value is -2.02. The van der Waals surface area contributed by atoms with Crippen molar-refractivity contribution in [1.82, 2.24) is 14.4 Å². The molecule has 1 atom stereocenters. The number of aliphatic carboxylic acids is 1. The number of nitrogens with zero attached hydrogens (tertiary/aromatic N) is 3. The number of likely N-dealkylation sites (tertiary alicyclic amines) is 1. The van der Waals surface area contributed by atoms with Gasteiger partial charge in [0.25, 0.3) is 5.91 Å². The summed E-state index contributed by atoms with van der Waals surface area (Å²) >= 11 is 5.94. The normalized spacial score (nSPS) is 18.1. The van der Waals surface area contributed by atoms with Crippen LogP contribution in [-0.2, 0) is 16.6 Å². The highest BCUT2D eigenvalue weighted by Gasteiger charge is 2.28. The maximum atomic E-state index is 12.6. The molecule has 1 unspecified atom stereocenters. The number of hydrogen-bond donors (Lipinski definition) is 1. The zero-order chi connectivity index (χ0) is 17.9. The van der Waals surface area contributed by atoms with Crippen molar-refractivity contribution in [2.24, 2.45) is 7.05 Å². The molecule has 7 nitrogen and oxygen atoms in total. The van der Waals surface area contributed by atoms with Crippen LogP contribution >= 0.6 is 11.6 Å². The zero-order valence-corrected chi connectivity index (χ0v) is 14.6. The molecular formula is C16H22ClN3O4. The van der Waals surface area contributed by atoms with Crippen LogP contribution < -0.4 is 0 Å². The molecule has 1 fully saturated rings. The fraction of sp³-hybridized carbons (Fsp3) is 0.562. The lowest BCUT2D eigenvalue weighted by atomic mass is 10.1. The molecule has 0 aromatic carbocycles. The van der Waals surface area contributed by atoms with E-state index in [0.29, 0.717) is 36.6 Å². The van der Waals surface area contributed by atoms with Gasteiger partial charge in [0.15, 0.2) is 0 Å². The maximum Gasteiger partial charge on any atom is 0.323 e. The number of carbonyl (C=O) groups is 3. The van der Waals surface area contributed by atoms with Gasteiger partial charge in [-0.2, -0.15) is 0 Å². The summed E-state index contributed by atoms with van der Waals surface area (Å²) in [5.41, 5.74) is 0.521. The monoisotopic (exact) mass is 355 g/mol. The molecule has 1 aliphatic heterocycles. The molecule has 0 aliphatic carbocycles. The first-order valence-corrected chi connectivity index (χ1v) is 8.27. The quantitative estimate of drug-likeness (QED) is 0.889. The highest BCUT2D eigenvalue weighted by molar-refractivity contribution is 6.31. The fourth-order valence-electron chi connectivity index (χ4n) is 3.14. The van der Waals surface area contributed by atoms with Gasteiger partial charge >= 0.3 is 5.97 Å². The van der Waals surface area contributed by atoms with E-state index in [1.165, 1.54) is 11.8 Å². The molecule has 2 amide bonds. The van der Waals surface area contributed by atoms with Crippen molar-refractivity contribution in [2.45, 2.75) is 32.2 Å². The smallest absolute Gasteiger partial charge is 0.323 e. The second-order valence-corrected chi connectivity index (χ2v) is 6.51. The van der Waals surface area contributed by atoms with Gasteiger partial charge in [0.05, 0.1) is 5.02 Å². The van der Waals surface area contributed by atoms with E-state index in [1.807, 2.05) is 0 Å². The molecule has 8 heteroatoms. The van der Waals surface area contributed by atoms with Crippen molar-refractivity contribution in [1.29, 1.82) is 0 Å². The first-order valence-electron chi connectivity index (χ1n) is 7.89. The molecule has 1 saturated heterocycles. The van der Waals surface area contributed by atoms with Gasteiger partial charge in [-0.15, -0.1) is 0 Å². The second kappa shape index (κ2) is 7.70. The Labute approximate surface area is 145 Å². The van der Waals surface area contributed by atoms with Gasteiger partial charge in [-0.3, -0.25) is 14.4 Å². The molecule has 132 valence electrons. The number of aryl methyl sites for hydroxylation is 1. The second-order valence-electron chi connectivity index (χ2n) is 6.07. The minimum atomic E-state index is -1.03. The summed E-state index contributed by atoms with van der Waals surface area (Å²) in [5.74, 6) is -1.38. The predicted molar refractivity (Wildman–Crippen MR) is 89.0 cm³/mol. The van der Waals surface area contributed by atoms with Crippen LogP contribution in [0.5, 0.6) is 0 Å². The van der Waals surface area contributed by atoms with E-state index in [9.17, 15) is 14.4 Å². The summed E-state index contributed by atoms with van der Waals surface area (Å²) in [6.45, 7) is 2.14. The van der Waals surface area contributed by atoms with Gasteiger partial charge in [0.2, 0.25) is 5.91 Å². The topological polar surface area (TPSA) is 82.8 Å². The Kier molecular flexibility index (Phi) is 5.88. The first kappa shape index (κ1) is 18.3. The Morgan fingerprint density at radius 3 is 2.58 bits per heavy atom. The fourth-order valence-corrected chi connectivity index (χ4v) is 3.39. The van der Waals surface area contributed by atoms with Crippen molar-refractivity contribution in [3.63, 3.8) is 0 Å². The van der Waals surface area contributed by atoms with Gasteiger partial charge in [0.1, 0.15) is 12.2 Å². The van der Waals surface area contributed by atoms with E-state index in [-0.39, 0.29) is 24.4 Å². The van der Waals surface area contributed by atoms with Gasteiger partial charge in [-0.25, -0.2) is 0 Å². The molecule has 1 aromatic heterocycles. The maximum absolute atomic E-state index is 12.6. The lowest BCUT2D eigenvalue weighted by Gasteiger charge is -2.28. The largest absolute Gasteiger partial charge is 0.480 e. The average molecular weight is 356 g/mol. The predicted octanol–water partition coefficient (Wildman–Crippen LogP) is 1.61. The highest BCUT2D eigenvalue weighted by Crippen LogP contribution is 2.20. The lowest BCUT2D eigenvalue weighted by molar-refractivity contribution is -0.145. The van der Waals surface area contributed by atoms with Crippen LogP contribution in [0.3, 0.4) is 0 Å². The number of rotatable bonds is 4. The minimum absolute atomic E-state index is 0.0994. The number of halogens is 1. The standard InChI is InChI=1S/C16H22ClN3O4/c1-11(21)20(10-15(22)23)13-4-3-6-19(7-5-13)16(24)14-8-12(17)9-18(14)2/h8-9,13H,3-7,10H2,1-2H3,(H,22,23). The molecule has 1 aromatic rings. The van der Waals surface area contributed by atoms with Crippen molar-refractivity contribution < 1.29 is 19.5 Å². The molecule has 24 heavy (non-hydrogen) atoms. The minimum Gasteiger partial charge on any atom is -0.480 e. The van der Waals surface area contributed by atoms with E-state index in [1.54, 1.807) is 28.8 Å². The van der Waals surface area contributed by atoms with E-state index < -0.39 is 5.97 Å². The average Bonchev–Trinajstić information content (AvgIpc) is 2.71. The molecule has 0 bridgehead atoms. The number of hydrogen-bond acceptors (Lipinski definition) is 3.